The van der Waals surface area contributed by atoms with Crippen molar-refractivity contribution in [3.63, 3.8) is 0 Å². The zero-order valence-electron chi connectivity index (χ0n) is 9.65. The number of hydrogen-bond acceptors (Lipinski definition) is 3. The maximum Gasteiger partial charge on any atom is 0.509 e. The molecule has 2 atom stereocenters. The summed E-state index contributed by atoms with van der Waals surface area (Å²) in [5, 5.41) is 0. The van der Waals surface area contributed by atoms with Crippen molar-refractivity contribution in [3.8, 4) is 0 Å². The molecule has 1 saturated heterocycles. The lowest BCUT2D eigenvalue weighted by molar-refractivity contribution is 0.116. The third-order valence-corrected chi connectivity index (χ3v) is 2.98. The first-order valence-electron chi connectivity index (χ1n) is 5.82. The van der Waals surface area contributed by atoms with Crippen molar-refractivity contribution in [2.24, 2.45) is 0 Å². The molecule has 0 aromatic heterocycles. The van der Waals surface area contributed by atoms with Crippen LogP contribution < -0.4 is 0 Å². The Bertz CT molecular complexity index is 487. The van der Waals surface area contributed by atoms with Gasteiger partial charge in [-0.25, -0.2) is 4.79 Å². The monoisotopic (exact) mass is 239 g/mol. The standard InChI is InChI=1S/C15H12O3/c16-15-17-13(11-7-3-1-4-8-11)14(18-15)12-9-5-2-6-10-12/h1-10,13-14H/t13-,14-/m1/s1/i15-1. The van der Waals surface area contributed by atoms with Crippen LogP contribution in [0.1, 0.15) is 23.3 Å². The molecule has 1 aliphatic heterocycles. The van der Waals surface area contributed by atoms with Gasteiger partial charge in [0.05, 0.1) is 0 Å². The zero-order valence-corrected chi connectivity index (χ0v) is 9.65. The van der Waals surface area contributed by atoms with Crippen molar-refractivity contribution < 1.29 is 14.3 Å². The van der Waals surface area contributed by atoms with Crippen LogP contribution in [0.5, 0.6) is 0 Å². The molecule has 3 rings (SSSR count). The predicted octanol–water partition coefficient (Wildman–Crippen LogP) is 3.64. The molecule has 0 radical (unpaired) electrons. The molecule has 0 bridgehead atoms. The molecule has 2 aromatic carbocycles. The van der Waals surface area contributed by atoms with Crippen LogP contribution in [0.4, 0.5) is 4.79 Å². The Morgan fingerprint density at radius 1 is 0.667 bits per heavy atom. The highest BCUT2D eigenvalue weighted by atomic mass is 16.7. The van der Waals surface area contributed by atoms with Gasteiger partial charge in [0.15, 0.2) is 12.2 Å². The van der Waals surface area contributed by atoms with Crippen LogP contribution in [0, 0.1) is 0 Å². The minimum atomic E-state index is -0.613. The fraction of sp³-hybridized carbons (Fsp3) is 0.133. The second-order valence-electron chi connectivity index (χ2n) is 4.15. The van der Waals surface area contributed by atoms with Gasteiger partial charge in [-0.1, -0.05) is 60.7 Å². The van der Waals surface area contributed by atoms with Crippen LogP contribution in [0.2, 0.25) is 0 Å². The summed E-state index contributed by atoms with van der Waals surface area (Å²) in [5.74, 6) is 0. The van der Waals surface area contributed by atoms with Crippen molar-refractivity contribution in [1.82, 2.24) is 0 Å². The molecular weight excluding hydrogens is 227 g/mol. The van der Waals surface area contributed by atoms with Gasteiger partial charge in [0, 0.05) is 0 Å². The molecule has 0 aliphatic carbocycles. The van der Waals surface area contributed by atoms with Gasteiger partial charge in [-0.2, -0.15) is 0 Å². The lowest BCUT2D eigenvalue weighted by atomic mass is 9.99. The van der Waals surface area contributed by atoms with Gasteiger partial charge in [0.25, 0.3) is 0 Å². The molecule has 3 heteroatoms. The number of hydrogen-bond donors (Lipinski definition) is 0. The van der Waals surface area contributed by atoms with Crippen LogP contribution in [-0.2, 0) is 9.47 Å². The second-order valence-corrected chi connectivity index (χ2v) is 4.15. The lowest BCUT2D eigenvalue weighted by Crippen LogP contribution is -2.06. The quantitative estimate of drug-likeness (QED) is 0.750. The van der Waals surface area contributed by atoms with Gasteiger partial charge in [-0.05, 0) is 11.1 Å². The van der Waals surface area contributed by atoms with E-state index in [-0.39, 0.29) is 12.2 Å². The third kappa shape index (κ3) is 1.95. The normalized spacial score (nSPS) is 22.3. The Kier molecular flexibility index (Phi) is 2.73. The Hall–Kier alpha value is -2.29. The van der Waals surface area contributed by atoms with Crippen LogP contribution in [-0.4, -0.2) is 6.16 Å². The summed E-state index contributed by atoms with van der Waals surface area (Å²) in [7, 11) is 0. The van der Waals surface area contributed by atoms with E-state index < -0.39 is 6.16 Å². The van der Waals surface area contributed by atoms with Crippen LogP contribution >= 0.6 is 0 Å². The number of rotatable bonds is 2. The second kappa shape index (κ2) is 4.53. The largest absolute Gasteiger partial charge is 0.509 e. The minimum absolute atomic E-state index is 0.374. The molecule has 90 valence electrons. The molecule has 1 fully saturated rings. The summed E-state index contributed by atoms with van der Waals surface area (Å²) in [6, 6.07) is 19.3. The van der Waals surface area contributed by atoms with Crippen molar-refractivity contribution in [2.75, 3.05) is 0 Å². The molecule has 0 saturated carbocycles. The molecule has 0 spiro atoms. The van der Waals surface area contributed by atoms with Crippen LogP contribution in [0.15, 0.2) is 60.7 Å². The molecule has 0 amide bonds. The molecule has 2 aromatic rings. The molecule has 1 aliphatic rings. The maximum atomic E-state index is 11.4. The van der Waals surface area contributed by atoms with Gasteiger partial charge in [-0.3, -0.25) is 0 Å². The summed E-state index contributed by atoms with van der Waals surface area (Å²) in [4.78, 5) is 11.4. The predicted molar refractivity (Wildman–Crippen MR) is 65.9 cm³/mol. The molecule has 0 N–H and O–H groups in total. The minimum Gasteiger partial charge on any atom is -0.422 e. The number of cyclic esters (lactones) is 2. The van der Waals surface area contributed by atoms with Gasteiger partial charge in [0.2, 0.25) is 0 Å². The van der Waals surface area contributed by atoms with E-state index in [1.165, 1.54) is 0 Å². The van der Waals surface area contributed by atoms with Gasteiger partial charge in [0.1, 0.15) is 0 Å². The molecule has 1 heterocycles. The van der Waals surface area contributed by atoms with E-state index >= 15 is 0 Å². The van der Waals surface area contributed by atoms with E-state index in [4.69, 9.17) is 9.47 Å². The van der Waals surface area contributed by atoms with E-state index in [9.17, 15) is 4.79 Å². The van der Waals surface area contributed by atoms with Gasteiger partial charge < -0.3 is 9.47 Å². The maximum absolute atomic E-state index is 11.4. The smallest absolute Gasteiger partial charge is 0.422 e. The van der Waals surface area contributed by atoms with Crippen molar-refractivity contribution in [3.05, 3.63) is 71.8 Å². The first-order chi connectivity index (χ1) is 8.84. The van der Waals surface area contributed by atoms with E-state index in [2.05, 4.69) is 0 Å². The summed E-state index contributed by atoms with van der Waals surface area (Å²) >= 11 is 0. The van der Waals surface area contributed by atoms with E-state index in [1.807, 2.05) is 60.7 Å². The highest BCUT2D eigenvalue weighted by Gasteiger charge is 2.38. The van der Waals surface area contributed by atoms with Gasteiger partial charge in [-0.15, -0.1) is 0 Å². The number of benzene rings is 2. The summed E-state index contributed by atoms with van der Waals surface area (Å²) in [5.41, 5.74) is 1.88. The summed E-state index contributed by atoms with van der Waals surface area (Å²) < 4.78 is 10.5. The molecule has 3 nitrogen and oxygen atoms in total. The van der Waals surface area contributed by atoms with Crippen LogP contribution in [0.3, 0.4) is 0 Å². The Morgan fingerprint density at radius 2 is 1.06 bits per heavy atom. The van der Waals surface area contributed by atoms with Gasteiger partial charge >= 0.3 is 6.16 Å². The Morgan fingerprint density at radius 3 is 1.44 bits per heavy atom. The SMILES string of the molecule is O=[11C]1O[C@H](c2ccccc2)[C@@H](c2ccccc2)O1. The molecule has 18 heavy (non-hydrogen) atoms. The lowest BCUT2D eigenvalue weighted by Gasteiger charge is -2.15. The van der Waals surface area contributed by atoms with Crippen molar-refractivity contribution in [2.45, 2.75) is 12.2 Å². The van der Waals surface area contributed by atoms with Crippen LogP contribution in [0.25, 0.3) is 0 Å². The molecule has 0 unspecified atom stereocenters. The fourth-order valence-electron chi connectivity index (χ4n) is 2.13. The van der Waals surface area contributed by atoms with E-state index in [1.54, 1.807) is 0 Å². The summed E-state index contributed by atoms with van der Waals surface area (Å²) in [6.45, 7) is 0. The summed E-state index contributed by atoms with van der Waals surface area (Å²) in [6.07, 6.45) is -1.36. The topological polar surface area (TPSA) is 35.5 Å². The van der Waals surface area contributed by atoms with Crippen molar-refractivity contribution >= 4 is 6.16 Å². The van der Waals surface area contributed by atoms with E-state index in [0.717, 1.165) is 11.1 Å². The average molecular weight is 239 g/mol. The first kappa shape index (κ1) is 10.8. The third-order valence-electron chi connectivity index (χ3n) is 2.98. The van der Waals surface area contributed by atoms with Crippen molar-refractivity contribution in [1.29, 1.82) is 0 Å². The highest BCUT2D eigenvalue weighted by molar-refractivity contribution is 5.63. The van der Waals surface area contributed by atoms with E-state index in [0.29, 0.717) is 0 Å². The molecular formula is C15H12O3. The number of carbonyl (C=O) groups is 1. The number of carbonyl (C=O) groups excluding carboxylic acids is 1. The Labute approximate surface area is 105 Å². The average Bonchev–Trinajstić information content (AvgIpc) is 2.83. The fourth-order valence-corrected chi connectivity index (χ4v) is 2.13. The Balaban J connectivity index is 1.96. The number of ether oxygens (including phenoxy) is 2. The zero-order chi connectivity index (χ0) is 12.4. The first-order valence-corrected chi connectivity index (χ1v) is 5.82. The highest BCUT2D eigenvalue weighted by Crippen LogP contribution is 2.40.